The molecule has 0 aromatic carbocycles. The van der Waals surface area contributed by atoms with Gasteiger partial charge in [0.1, 0.15) is 14.2 Å². The number of hydroxylamine groups is 1. The van der Waals surface area contributed by atoms with Crippen molar-refractivity contribution in [2.75, 3.05) is 34.4 Å². The minimum Gasteiger partial charge on any atom is -0.738 e. The number of aliphatic hydroxyl groups is 1. The van der Waals surface area contributed by atoms with Crippen LogP contribution in [-0.2, 0) is 4.84 Å². The maximum absolute atomic E-state index is 10.7. The van der Waals surface area contributed by atoms with Crippen molar-refractivity contribution in [1.82, 2.24) is 10.6 Å². The quantitative estimate of drug-likeness (QED) is 0.201. The van der Waals surface area contributed by atoms with Crippen molar-refractivity contribution in [2.24, 2.45) is 0 Å². The second kappa shape index (κ2) is 10.9. The van der Waals surface area contributed by atoms with Crippen molar-refractivity contribution < 1.29 is 44.4 Å². The summed E-state index contributed by atoms with van der Waals surface area (Å²) < 4.78 is 0. The van der Waals surface area contributed by atoms with E-state index in [1.165, 1.54) is 7.11 Å². The molecule has 0 aromatic heterocycles. The predicted octanol–water partition coefficient (Wildman–Crippen LogP) is -2.60. The van der Waals surface area contributed by atoms with E-state index in [1.54, 1.807) is 12.1 Å². The molecule has 1 atom stereocenters. The van der Waals surface area contributed by atoms with Crippen LogP contribution in [0.2, 0.25) is 0 Å². The second-order valence-electron chi connectivity index (χ2n) is 3.67. The van der Waals surface area contributed by atoms with Crippen LogP contribution in [0.1, 0.15) is 25.7 Å². The van der Waals surface area contributed by atoms with Crippen molar-refractivity contribution >= 4 is 0 Å². The second-order valence-corrected chi connectivity index (χ2v) is 3.67. The molecule has 0 bridgehead atoms. The molecule has 0 fully saturated rings. The number of nitrogens with one attached hydrogen (secondary N) is 1. The third-order valence-corrected chi connectivity index (χ3v) is 2.57. The number of rotatable bonds is 9. The van der Waals surface area contributed by atoms with E-state index in [0.29, 0.717) is 0 Å². The molecule has 92 valence electrons. The fraction of sp³-hybridized carbons (Fsp3) is 1.00. The number of quaternary nitrogens is 1. The fourth-order valence-corrected chi connectivity index (χ4v) is 1.24. The summed E-state index contributed by atoms with van der Waals surface area (Å²) in [4.78, 5) is 4.75. The molecule has 6 nitrogen and oxygen atoms in total. The summed E-state index contributed by atoms with van der Waals surface area (Å²) in [5.41, 5.74) is 1.83. The Labute approximate surface area is 120 Å². The van der Waals surface area contributed by atoms with Gasteiger partial charge < -0.3 is 10.3 Å². The zero-order chi connectivity index (χ0) is 11.7. The summed E-state index contributed by atoms with van der Waals surface area (Å²) in [6, 6.07) is 0. The molecule has 0 radical (unpaired) electrons. The van der Waals surface area contributed by atoms with Gasteiger partial charge in [-0.15, -0.1) is 5.01 Å². The molecule has 16 heavy (non-hydrogen) atoms. The minimum atomic E-state index is -0.278. The van der Waals surface area contributed by atoms with E-state index >= 15 is 0 Å². The van der Waals surface area contributed by atoms with E-state index in [0.717, 1.165) is 32.2 Å². The Hall–Kier alpha value is 0.760. The smallest absolute Gasteiger partial charge is 0.738 e. The summed E-state index contributed by atoms with van der Waals surface area (Å²) >= 11 is 0. The molecular formula is C9H23N3NaO3+. The van der Waals surface area contributed by atoms with Crippen LogP contribution in [-0.4, -0.2) is 49.3 Å². The zero-order valence-electron chi connectivity index (χ0n) is 10.9. The molecule has 0 spiro atoms. The molecule has 0 aliphatic carbocycles. The van der Waals surface area contributed by atoms with Crippen LogP contribution in [0.25, 0.3) is 0 Å². The first kappa shape index (κ1) is 19.1. The Morgan fingerprint density at radius 3 is 2.31 bits per heavy atom. The Balaban J connectivity index is 0. The van der Waals surface area contributed by atoms with Crippen LogP contribution in [0, 0.1) is 5.21 Å². The standard InChI is InChI=1S/C9H23N3O3.Na/c1-11(12(2,10-14)15-3)8-6-4-5-7-9-13;/h10,13H,4-9H2,1-3H3;/q;+1. The van der Waals surface area contributed by atoms with Crippen molar-refractivity contribution in [3.8, 4) is 0 Å². The van der Waals surface area contributed by atoms with Gasteiger partial charge in [-0.2, -0.15) is 10.4 Å². The Morgan fingerprint density at radius 1 is 1.31 bits per heavy atom. The zero-order valence-corrected chi connectivity index (χ0v) is 12.9. The van der Waals surface area contributed by atoms with Gasteiger partial charge in [0.25, 0.3) is 0 Å². The largest absolute Gasteiger partial charge is 1.00 e. The molecular weight excluding hydrogens is 221 g/mol. The Bertz CT molecular complexity index is 159. The van der Waals surface area contributed by atoms with Gasteiger partial charge in [0.05, 0.1) is 6.54 Å². The number of hydrogen-bond donors (Lipinski definition) is 2. The first-order chi connectivity index (χ1) is 7.10. The van der Waals surface area contributed by atoms with Crippen LogP contribution in [0.3, 0.4) is 0 Å². The third kappa shape index (κ3) is 7.16. The van der Waals surface area contributed by atoms with Gasteiger partial charge in [-0.3, -0.25) is 0 Å². The number of hydrogen-bond acceptors (Lipinski definition) is 5. The third-order valence-electron chi connectivity index (χ3n) is 2.57. The van der Waals surface area contributed by atoms with Gasteiger partial charge in [-0.05, 0) is 17.7 Å². The molecule has 0 aliphatic rings. The molecule has 0 amide bonds. The number of aliphatic hydroxyl groups excluding tert-OH is 1. The maximum atomic E-state index is 10.7. The molecule has 2 N–H and O–H groups in total. The van der Waals surface area contributed by atoms with Crippen molar-refractivity contribution in [1.29, 1.82) is 0 Å². The molecule has 1 unspecified atom stereocenters. The molecule has 0 aliphatic heterocycles. The van der Waals surface area contributed by atoms with E-state index in [2.05, 4.69) is 0 Å². The molecule has 0 saturated heterocycles. The minimum absolute atomic E-state index is 0. The summed E-state index contributed by atoms with van der Waals surface area (Å²) in [6.07, 6.45) is 3.90. The first-order valence-corrected chi connectivity index (χ1v) is 5.25. The monoisotopic (exact) mass is 244 g/mol. The van der Waals surface area contributed by atoms with Gasteiger partial charge in [-0.1, -0.05) is 12.8 Å². The Morgan fingerprint density at radius 2 is 1.88 bits per heavy atom. The van der Waals surface area contributed by atoms with Gasteiger partial charge in [-0.25, -0.2) is 0 Å². The van der Waals surface area contributed by atoms with E-state index in [9.17, 15) is 5.21 Å². The molecule has 0 rings (SSSR count). The summed E-state index contributed by atoms with van der Waals surface area (Å²) in [5.74, 6) is 0. The van der Waals surface area contributed by atoms with Crippen molar-refractivity contribution in [3.63, 3.8) is 0 Å². The maximum Gasteiger partial charge on any atom is 1.00 e. The summed E-state index contributed by atoms with van der Waals surface area (Å²) in [7, 11) is 4.94. The topological polar surface area (TPSA) is 67.8 Å². The van der Waals surface area contributed by atoms with E-state index < -0.39 is 0 Å². The van der Waals surface area contributed by atoms with Gasteiger partial charge >= 0.3 is 29.6 Å². The van der Waals surface area contributed by atoms with Crippen LogP contribution >= 0.6 is 0 Å². The molecule has 0 heterocycles. The average molecular weight is 244 g/mol. The predicted molar refractivity (Wildman–Crippen MR) is 57.9 cm³/mol. The Kier molecular flexibility index (Phi) is 13.0. The summed E-state index contributed by atoms with van der Waals surface area (Å²) in [6.45, 7) is 1.02. The number of unbranched alkanes of at least 4 members (excludes halogenated alkanes) is 3. The summed E-state index contributed by atoms with van der Waals surface area (Å²) in [5, 5.41) is 21.1. The first-order valence-electron chi connectivity index (χ1n) is 5.25. The van der Waals surface area contributed by atoms with Crippen LogP contribution < -0.4 is 35.1 Å². The average Bonchev–Trinajstić information content (AvgIpc) is 2.27. The molecule has 0 aromatic rings. The van der Waals surface area contributed by atoms with Gasteiger partial charge in [0.2, 0.25) is 0 Å². The van der Waals surface area contributed by atoms with Crippen LogP contribution in [0.15, 0.2) is 0 Å². The van der Waals surface area contributed by atoms with Gasteiger partial charge in [0.15, 0.2) is 0 Å². The number of nitrogens with zero attached hydrogens (tertiary/aromatic N) is 2. The van der Waals surface area contributed by atoms with Gasteiger partial charge in [0, 0.05) is 13.7 Å². The van der Waals surface area contributed by atoms with Crippen LogP contribution in [0.4, 0.5) is 0 Å². The van der Waals surface area contributed by atoms with Crippen LogP contribution in [0.5, 0.6) is 0 Å². The van der Waals surface area contributed by atoms with E-state index in [1.807, 2.05) is 12.6 Å². The van der Waals surface area contributed by atoms with E-state index in [-0.39, 0.29) is 41.0 Å². The SMILES string of the molecule is CO[N+](C)(N[O-])N(C)CCCCCCO.[Na+]. The normalized spacial score (nSPS) is 14.6. The van der Waals surface area contributed by atoms with E-state index in [4.69, 9.17) is 9.94 Å². The fourth-order valence-electron chi connectivity index (χ4n) is 1.24. The van der Waals surface area contributed by atoms with Crippen molar-refractivity contribution in [3.05, 3.63) is 5.21 Å². The van der Waals surface area contributed by atoms with Crippen molar-refractivity contribution in [2.45, 2.75) is 25.7 Å². The molecule has 0 saturated carbocycles. The molecule has 7 heteroatoms.